The largest absolute Gasteiger partial charge is 0.131 e. The summed E-state index contributed by atoms with van der Waals surface area (Å²) in [4.78, 5) is 0. The molecule has 0 aromatic heterocycles. The maximum absolute atomic E-state index is 3.90. The Hall–Kier alpha value is -1.65. The molecule has 0 N–H and O–H groups in total. The van der Waals surface area contributed by atoms with Crippen molar-refractivity contribution in [1.82, 2.24) is 0 Å². The van der Waals surface area contributed by atoms with E-state index < -0.39 is 0 Å². The van der Waals surface area contributed by atoms with Crippen LogP contribution in [-0.2, 0) is 0 Å². The molecule has 0 spiro atoms. The number of rotatable bonds is 11. The Morgan fingerprint density at radius 3 is 1.82 bits per heavy atom. The zero-order chi connectivity index (χ0) is 16.8. The van der Waals surface area contributed by atoms with E-state index in [1.165, 1.54) is 16.7 Å². The van der Waals surface area contributed by atoms with Crippen LogP contribution < -0.4 is 0 Å². The lowest BCUT2D eigenvalue weighted by Crippen LogP contribution is -1.87. The van der Waals surface area contributed by atoms with Crippen LogP contribution in [0.3, 0.4) is 0 Å². The summed E-state index contributed by atoms with van der Waals surface area (Å²) < 4.78 is 0. The first-order valence-corrected chi connectivity index (χ1v) is 8.23. The Morgan fingerprint density at radius 2 is 1.36 bits per heavy atom. The van der Waals surface area contributed by atoms with Gasteiger partial charge in [0.1, 0.15) is 0 Å². The molecule has 0 radical (unpaired) electrons. The van der Waals surface area contributed by atoms with Crippen LogP contribution in [0.15, 0.2) is 97.7 Å². The minimum Gasteiger partial charge on any atom is -0.131 e. The van der Waals surface area contributed by atoms with Gasteiger partial charge in [-0.15, -0.1) is 9.24 Å². The van der Waals surface area contributed by atoms with Crippen LogP contribution in [0.2, 0.25) is 0 Å². The van der Waals surface area contributed by atoms with Gasteiger partial charge in [-0.05, 0) is 41.6 Å². The zero-order valence-corrected chi connectivity index (χ0v) is 15.0. The van der Waals surface area contributed by atoms with Crippen LogP contribution in [-0.4, -0.2) is 5.66 Å². The second-order valence-corrected chi connectivity index (χ2v) is 6.10. The highest BCUT2D eigenvalue weighted by molar-refractivity contribution is 7.17. The highest BCUT2D eigenvalue weighted by atomic mass is 31.0. The average molecular weight is 312 g/mol. The Kier molecular flexibility index (Phi) is 12.1. The van der Waals surface area contributed by atoms with Crippen molar-refractivity contribution in [3.05, 3.63) is 97.7 Å². The fourth-order valence-corrected chi connectivity index (χ4v) is 2.10. The van der Waals surface area contributed by atoms with Crippen LogP contribution in [0.1, 0.15) is 26.2 Å². The SMILES string of the molecule is C=C/C=C\C/C(C=C)=C\C/C(C=C)=C/C/C(C=C)=C\C(C)P. The van der Waals surface area contributed by atoms with Crippen LogP contribution in [0.25, 0.3) is 0 Å². The molecule has 0 aromatic carbocycles. The summed E-state index contributed by atoms with van der Waals surface area (Å²) in [5.41, 5.74) is 4.13. The molecule has 2 unspecified atom stereocenters. The summed E-state index contributed by atoms with van der Waals surface area (Å²) in [6.45, 7) is 17.5. The van der Waals surface area contributed by atoms with E-state index in [1.54, 1.807) is 6.08 Å². The van der Waals surface area contributed by atoms with Crippen molar-refractivity contribution in [2.24, 2.45) is 0 Å². The molecular formula is C21H29P. The van der Waals surface area contributed by atoms with Gasteiger partial charge in [0, 0.05) is 0 Å². The first-order chi connectivity index (χ1) is 10.6. The zero-order valence-electron chi connectivity index (χ0n) is 13.8. The fourth-order valence-electron chi connectivity index (χ4n) is 1.86. The molecule has 2 atom stereocenters. The minimum absolute atomic E-state index is 0.456. The summed E-state index contributed by atoms with van der Waals surface area (Å²) in [5.74, 6) is 0. The summed E-state index contributed by atoms with van der Waals surface area (Å²) >= 11 is 0. The van der Waals surface area contributed by atoms with Gasteiger partial charge >= 0.3 is 0 Å². The molecule has 0 rings (SSSR count). The van der Waals surface area contributed by atoms with Crippen molar-refractivity contribution in [3.8, 4) is 0 Å². The van der Waals surface area contributed by atoms with E-state index in [2.05, 4.69) is 66.8 Å². The molecule has 1 heteroatoms. The van der Waals surface area contributed by atoms with Crippen molar-refractivity contribution in [2.75, 3.05) is 0 Å². The van der Waals surface area contributed by atoms with Crippen molar-refractivity contribution in [1.29, 1.82) is 0 Å². The molecule has 0 saturated heterocycles. The second-order valence-electron chi connectivity index (χ2n) is 5.05. The summed E-state index contributed by atoms with van der Waals surface area (Å²) in [6.07, 6.45) is 20.8. The first kappa shape index (κ1) is 20.3. The quantitative estimate of drug-likeness (QED) is 0.302. The first-order valence-electron chi connectivity index (χ1n) is 7.56. The van der Waals surface area contributed by atoms with Crippen LogP contribution in [0, 0.1) is 0 Å². The fraction of sp³-hybridized carbons (Fsp3) is 0.238. The van der Waals surface area contributed by atoms with E-state index in [1.807, 2.05) is 24.3 Å². The van der Waals surface area contributed by atoms with Gasteiger partial charge in [-0.1, -0.05) is 87.9 Å². The molecule has 0 fully saturated rings. The van der Waals surface area contributed by atoms with E-state index in [0.29, 0.717) is 5.66 Å². The predicted molar refractivity (Wildman–Crippen MR) is 107 cm³/mol. The predicted octanol–water partition coefficient (Wildman–Crippen LogP) is 6.50. The maximum atomic E-state index is 3.90. The lowest BCUT2D eigenvalue weighted by atomic mass is 10.0. The Balaban J connectivity index is 4.82. The molecule has 0 aliphatic rings. The Labute approximate surface area is 139 Å². The molecule has 0 aromatic rings. The Bertz CT molecular complexity index is 496. The van der Waals surface area contributed by atoms with Gasteiger partial charge in [0.05, 0.1) is 0 Å². The van der Waals surface area contributed by atoms with Gasteiger partial charge in [-0.3, -0.25) is 0 Å². The molecular weight excluding hydrogens is 283 g/mol. The standard InChI is InChI=1S/C21H29P/c1-6-10-11-12-19(7-2)13-14-20(8-3)15-16-21(9-4)17-18(5)22/h6-11,13,15,17-18H,1-4,12,14,16,22H2,5H3/b11-10-,19-13-,20-15+,21-17-. The highest BCUT2D eigenvalue weighted by Crippen LogP contribution is 2.15. The molecule has 0 aliphatic heterocycles. The number of hydrogen-bond donors (Lipinski definition) is 0. The minimum atomic E-state index is 0.456. The van der Waals surface area contributed by atoms with Crippen LogP contribution in [0.4, 0.5) is 0 Å². The third-order valence-corrected chi connectivity index (χ3v) is 3.28. The summed E-state index contributed by atoms with van der Waals surface area (Å²) in [5, 5.41) is 0. The van der Waals surface area contributed by atoms with Crippen molar-refractivity contribution in [3.63, 3.8) is 0 Å². The van der Waals surface area contributed by atoms with Gasteiger partial charge in [0.15, 0.2) is 0 Å². The van der Waals surface area contributed by atoms with Gasteiger partial charge in [0.25, 0.3) is 0 Å². The lowest BCUT2D eigenvalue weighted by molar-refractivity contribution is 1.14. The smallest absolute Gasteiger partial charge is 0.00947 e. The summed E-state index contributed by atoms with van der Waals surface area (Å²) in [7, 11) is 2.78. The number of allylic oxidation sites excluding steroid dienone is 12. The Morgan fingerprint density at radius 1 is 0.864 bits per heavy atom. The molecule has 118 valence electrons. The monoisotopic (exact) mass is 312 g/mol. The second kappa shape index (κ2) is 13.0. The van der Waals surface area contributed by atoms with E-state index in [-0.39, 0.29) is 0 Å². The van der Waals surface area contributed by atoms with Gasteiger partial charge in [0.2, 0.25) is 0 Å². The third kappa shape index (κ3) is 10.1. The third-order valence-electron chi connectivity index (χ3n) is 3.09. The highest BCUT2D eigenvalue weighted by Gasteiger charge is 1.96. The van der Waals surface area contributed by atoms with Crippen molar-refractivity contribution in [2.45, 2.75) is 31.8 Å². The molecule has 0 heterocycles. The molecule has 0 aliphatic carbocycles. The molecule has 22 heavy (non-hydrogen) atoms. The van der Waals surface area contributed by atoms with Gasteiger partial charge < -0.3 is 0 Å². The van der Waals surface area contributed by atoms with E-state index in [0.717, 1.165) is 19.3 Å². The van der Waals surface area contributed by atoms with Crippen LogP contribution in [0.5, 0.6) is 0 Å². The van der Waals surface area contributed by atoms with E-state index in [9.17, 15) is 0 Å². The number of hydrogen-bond acceptors (Lipinski definition) is 0. The molecule has 0 amide bonds. The maximum Gasteiger partial charge on any atom is -0.00947 e. The molecule has 0 nitrogen and oxygen atoms in total. The summed E-state index contributed by atoms with van der Waals surface area (Å²) in [6, 6.07) is 0. The average Bonchev–Trinajstić information content (AvgIpc) is 2.51. The van der Waals surface area contributed by atoms with E-state index in [4.69, 9.17) is 0 Å². The van der Waals surface area contributed by atoms with Crippen molar-refractivity contribution >= 4 is 9.24 Å². The van der Waals surface area contributed by atoms with E-state index >= 15 is 0 Å². The lowest BCUT2D eigenvalue weighted by Gasteiger charge is -2.04. The van der Waals surface area contributed by atoms with Gasteiger partial charge in [-0.25, -0.2) is 0 Å². The molecule has 0 saturated carbocycles. The molecule has 0 bridgehead atoms. The normalized spacial score (nSPS) is 14.7. The van der Waals surface area contributed by atoms with Gasteiger partial charge in [-0.2, -0.15) is 0 Å². The van der Waals surface area contributed by atoms with Crippen LogP contribution >= 0.6 is 9.24 Å². The van der Waals surface area contributed by atoms with Crippen molar-refractivity contribution < 1.29 is 0 Å². The topological polar surface area (TPSA) is 0 Å².